The van der Waals surface area contributed by atoms with Crippen molar-refractivity contribution < 1.29 is 26.9 Å². The zero-order valence-corrected chi connectivity index (χ0v) is 20.8. The van der Waals surface area contributed by atoms with Crippen LogP contribution in [0.5, 0.6) is 0 Å². The Bertz CT molecular complexity index is 1230. The highest BCUT2D eigenvalue weighted by atomic mass is 32.2. The molecule has 0 spiro atoms. The standard InChI is InChI=1S/C23H31BN2O6S/c1-7-33(28,29)26-17-13-18-15(12-16(17)24-31-22(2,3)23(4,5)32-24)19(21(27)25-6)20(30-18)14-10-8-9-11-14/h10,12-13,26H,7-9,11H2,1-6H3,(H,25,27). The number of furan rings is 1. The van der Waals surface area contributed by atoms with Crippen molar-refractivity contribution in [3.05, 3.63) is 29.5 Å². The van der Waals surface area contributed by atoms with E-state index in [-0.39, 0.29) is 11.7 Å². The smallest absolute Gasteiger partial charge is 0.455 e. The molecule has 33 heavy (non-hydrogen) atoms. The third-order valence-corrected chi connectivity index (χ3v) is 8.09. The lowest BCUT2D eigenvalue weighted by Crippen LogP contribution is -2.41. The van der Waals surface area contributed by atoms with Crippen LogP contribution in [0.1, 0.15) is 70.0 Å². The predicted molar refractivity (Wildman–Crippen MR) is 130 cm³/mol. The predicted octanol–water partition coefficient (Wildman–Crippen LogP) is 3.42. The maximum absolute atomic E-state index is 12.9. The van der Waals surface area contributed by atoms with E-state index in [1.54, 1.807) is 26.1 Å². The van der Waals surface area contributed by atoms with Crippen molar-refractivity contribution in [1.82, 2.24) is 5.32 Å². The molecule has 1 aliphatic carbocycles. The van der Waals surface area contributed by atoms with Gasteiger partial charge in [0.1, 0.15) is 11.3 Å². The lowest BCUT2D eigenvalue weighted by Gasteiger charge is -2.32. The van der Waals surface area contributed by atoms with Gasteiger partial charge in [-0.25, -0.2) is 8.42 Å². The van der Waals surface area contributed by atoms with Crippen LogP contribution < -0.4 is 15.5 Å². The average Bonchev–Trinajstić information content (AvgIpc) is 3.43. The fourth-order valence-electron chi connectivity index (χ4n) is 4.11. The number of benzene rings is 1. The number of nitrogens with one attached hydrogen (secondary N) is 2. The van der Waals surface area contributed by atoms with Gasteiger partial charge >= 0.3 is 7.12 Å². The van der Waals surface area contributed by atoms with E-state index in [2.05, 4.69) is 16.1 Å². The number of hydrogen-bond acceptors (Lipinski definition) is 6. The van der Waals surface area contributed by atoms with Crippen LogP contribution in [0.2, 0.25) is 0 Å². The molecule has 0 bridgehead atoms. The molecule has 1 saturated heterocycles. The molecular formula is C23H31BN2O6S. The molecule has 0 atom stereocenters. The molecule has 0 saturated carbocycles. The van der Waals surface area contributed by atoms with Crippen molar-refractivity contribution in [1.29, 1.82) is 0 Å². The molecule has 2 aromatic rings. The van der Waals surface area contributed by atoms with Gasteiger partial charge in [0.25, 0.3) is 5.91 Å². The van der Waals surface area contributed by atoms with Crippen LogP contribution in [0.25, 0.3) is 16.5 Å². The average molecular weight is 474 g/mol. The Morgan fingerprint density at radius 3 is 2.36 bits per heavy atom. The highest BCUT2D eigenvalue weighted by Crippen LogP contribution is 2.40. The minimum Gasteiger partial charge on any atom is -0.455 e. The second kappa shape index (κ2) is 8.18. The zero-order chi connectivity index (χ0) is 24.2. The fourth-order valence-corrected chi connectivity index (χ4v) is 4.76. The van der Waals surface area contributed by atoms with E-state index in [9.17, 15) is 13.2 Å². The van der Waals surface area contributed by atoms with Crippen LogP contribution in [-0.4, -0.2) is 45.4 Å². The van der Waals surface area contributed by atoms with E-state index in [0.717, 1.165) is 24.8 Å². The normalized spacial score (nSPS) is 19.7. The highest BCUT2D eigenvalue weighted by molar-refractivity contribution is 7.92. The quantitative estimate of drug-likeness (QED) is 0.622. The highest BCUT2D eigenvalue weighted by Gasteiger charge is 2.52. The molecule has 2 heterocycles. The number of carbonyl (C=O) groups excluding carboxylic acids is 1. The lowest BCUT2D eigenvalue weighted by molar-refractivity contribution is 0.00578. The summed E-state index contributed by atoms with van der Waals surface area (Å²) in [5, 5.41) is 3.28. The van der Waals surface area contributed by atoms with E-state index in [0.29, 0.717) is 33.4 Å². The first-order valence-electron chi connectivity index (χ1n) is 11.3. The molecule has 0 radical (unpaired) electrons. The Morgan fingerprint density at radius 2 is 1.82 bits per heavy atom. The van der Waals surface area contributed by atoms with E-state index in [4.69, 9.17) is 13.7 Å². The first-order chi connectivity index (χ1) is 15.4. The van der Waals surface area contributed by atoms with Crippen molar-refractivity contribution in [2.45, 2.75) is 65.1 Å². The largest absolute Gasteiger partial charge is 0.497 e. The molecule has 0 unspecified atom stereocenters. The third kappa shape index (κ3) is 4.20. The molecule has 1 aliphatic heterocycles. The van der Waals surface area contributed by atoms with Crippen LogP contribution in [0.15, 0.2) is 22.6 Å². The fraction of sp³-hybridized carbons (Fsp3) is 0.522. The van der Waals surface area contributed by atoms with Crippen LogP contribution in [-0.2, 0) is 19.3 Å². The van der Waals surface area contributed by atoms with Gasteiger partial charge in [-0.15, -0.1) is 0 Å². The molecule has 1 aromatic heterocycles. The molecule has 1 fully saturated rings. The Kier molecular flexibility index (Phi) is 5.91. The van der Waals surface area contributed by atoms with Gasteiger partial charge in [-0.3, -0.25) is 9.52 Å². The number of allylic oxidation sites excluding steroid dienone is 2. The van der Waals surface area contributed by atoms with Crippen molar-refractivity contribution in [2.24, 2.45) is 0 Å². The summed E-state index contributed by atoms with van der Waals surface area (Å²) in [4.78, 5) is 12.9. The summed E-state index contributed by atoms with van der Waals surface area (Å²) in [6, 6.07) is 3.37. The van der Waals surface area contributed by atoms with Crippen LogP contribution in [0, 0.1) is 0 Å². The summed E-state index contributed by atoms with van der Waals surface area (Å²) < 4.78 is 46.2. The Labute approximate surface area is 195 Å². The van der Waals surface area contributed by atoms with E-state index < -0.39 is 28.3 Å². The van der Waals surface area contributed by atoms with Gasteiger partial charge in [0.2, 0.25) is 10.0 Å². The molecule has 2 N–H and O–H groups in total. The summed E-state index contributed by atoms with van der Waals surface area (Å²) in [5.74, 6) is 0.170. The van der Waals surface area contributed by atoms with E-state index >= 15 is 0 Å². The van der Waals surface area contributed by atoms with Crippen molar-refractivity contribution in [3.63, 3.8) is 0 Å². The maximum atomic E-state index is 12.9. The first kappa shape index (κ1) is 23.8. The van der Waals surface area contributed by atoms with Gasteiger partial charge in [0.15, 0.2) is 0 Å². The summed E-state index contributed by atoms with van der Waals surface area (Å²) in [6.07, 6.45) is 4.84. The maximum Gasteiger partial charge on any atom is 0.497 e. The molecule has 8 nitrogen and oxygen atoms in total. The number of rotatable bonds is 6. The van der Waals surface area contributed by atoms with Crippen LogP contribution >= 0.6 is 0 Å². The lowest BCUT2D eigenvalue weighted by atomic mass is 9.77. The van der Waals surface area contributed by atoms with Gasteiger partial charge in [-0.05, 0) is 65.5 Å². The molecule has 2 aliphatic rings. The van der Waals surface area contributed by atoms with Crippen molar-refractivity contribution in [3.8, 4) is 0 Å². The molecule has 1 aromatic carbocycles. The third-order valence-electron chi connectivity index (χ3n) is 6.80. The molecular weight excluding hydrogens is 443 g/mol. The van der Waals surface area contributed by atoms with Crippen molar-refractivity contribution >= 4 is 50.7 Å². The summed E-state index contributed by atoms with van der Waals surface area (Å²) in [7, 11) is -2.83. The minimum absolute atomic E-state index is 0.0897. The number of fused-ring (bicyclic) bond motifs is 1. The van der Waals surface area contributed by atoms with E-state index in [1.165, 1.54) is 0 Å². The first-order valence-corrected chi connectivity index (χ1v) is 12.9. The topological polar surface area (TPSA) is 107 Å². The van der Waals surface area contributed by atoms with E-state index in [1.807, 2.05) is 27.7 Å². The van der Waals surface area contributed by atoms with Crippen molar-refractivity contribution in [2.75, 3.05) is 17.5 Å². The minimum atomic E-state index is -3.58. The van der Waals surface area contributed by atoms with Crippen LogP contribution in [0.4, 0.5) is 5.69 Å². The number of sulfonamides is 1. The monoisotopic (exact) mass is 474 g/mol. The van der Waals surface area contributed by atoms with Gasteiger partial charge in [0, 0.05) is 24.0 Å². The number of anilines is 1. The zero-order valence-electron chi connectivity index (χ0n) is 20.0. The van der Waals surface area contributed by atoms with Gasteiger partial charge < -0.3 is 19.0 Å². The second-order valence-electron chi connectivity index (χ2n) is 9.54. The number of amides is 1. The van der Waals surface area contributed by atoms with Gasteiger partial charge in [-0.2, -0.15) is 0 Å². The summed E-state index contributed by atoms with van der Waals surface area (Å²) in [6.45, 7) is 9.29. The summed E-state index contributed by atoms with van der Waals surface area (Å²) >= 11 is 0. The Hall–Kier alpha value is -2.30. The van der Waals surface area contributed by atoms with Gasteiger partial charge in [-0.1, -0.05) is 6.08 Å². The number of hydrogen-bond donors (Lipinski definition) is 2. The molecule has 1 amide bonds. The molecule has 178 valence electrons. The summed E-state index contributed by atoms with van der Waals surface area (Å²) in [5.41, 5.74) is 1.41. The Morgan fingerprint density at radius 1 is 1.15 bits per heavy atom. The van der Waals surface area contributed by atoms with Crippen LogP contribution in [0.3, 0.4) is 0 Å². The SMILES string of the molecule is CCS(=O)(=O)Nc1cc2oc(C3=CCCC3)c(C(=O)NC)c2cc1B1OC(C)(C)C(C)(C)O1. The molecule has 10 heteroatoms. The number of carbonyl (C=O) groups is 1. The second-order valence-corrected chi connectivity index (χ2v) is 11.5. The molecule has 4 rings (SSSR count). The van der Waals surface area contributed by atoms with Gasteiger partial charge in [0.05, 0.1) is 28.2 Å². The Balaban J connectivity index is 1.95.